The Morgan fingerprint density at radius 2 is 1.61 bits per heavy atom. The Labute approximate surface area is 238 Å². The highest BCUT2D eigenvalue weighted by Gasteiger charge is 2.65. The van der Waals surface area contributed by atoms with Crippen molar-refractivity contribution in [3.8, 4) is 0 Å². The third-order valence-corrected chi connectivity index (χ3v) is 14.5. The van der Waals surface area contributed by atoms with E-state index in [1.807, 2.05) is 13.8 Å². The predicted molar refractivity (Wildman–Crippen MR) is 156 cm³/mol. The first-order valence-corrected chi connectivity index (χ1v) is 18.6. The molecule has 2 atom stereocenters. The van der Waals surface area contributed by atoms with Gasteiger partial charge in [0.25, 0.3) is 0 Å². The fourth-order valence-electron chi connectivity index (χ4n) is 4.65. The zero-order chi connectivity index (χ0) is 29.3. The van der Waals surface area contributed by atoms with E-state index >= 15 is 0 Å². The number of pyridine rings is 1. The van der Waals surface area contributed by atoms with E-state index in [4.69, 9.17) is 9.41 Å². The quantitative estimate of drug-likeness (QED) is 0.186. The maximum atomic E-state index is 13.3. The van der Waals surface area contributed by atoms with Gasteiger partial charge in [-0.3, -0.25) is 4.98 Å². The van der Waals surface area contributed by atoms with Crippen molar-refractivity contribution in [1.82, 2.24) is 4.98 Å². The summed E-state index contributed by atoms with van der Waals surface area (Å²) in [6, 6.07) is 2.54. The molecule has 1 N–H and O–H groups in total. The van der Waals surface area contributed by atoms with Crippen LogP contribution >= 0.6 is 32.8 Å². The number of halogens is 6. The number of aliphatic hydroxyl groups is 1. The molecular weight excluding hydrogens is 652 g/mol. The molecule has 38 heavy (non-hydrogen) atoms. The molecule has 1 unspecified atom stereocenters. The molecule has 3 rings (SSSR count). The van der Waals surface area contributed by atoms with Crippen molar-refractivity contribution in [2.24, 2.45) is 5.41 Å². The lowest BCUT2D eigenvalue weighted by molar-refractivity contribution is 0.104. The Hall–Kier alpha value is -0.763. The summed E-state index contributed by atoms with van der Waals surface area (Å²) in [5.41, 5.74) is 2.98. The maximum absolute atomic E-state index is 13.3. The molecule has 1 aromatic carbocycles. The lowest BCUT2D eigenvalue weighted by Crippen LogP contribution is -2.44. The summed E-state index contributed by atoms with van der Waals surface area (Å²) in [4.78, 5) is 3.04. The molecule has 0 spiro atoms. The van der Waals surface area contributed by atoms with Crippen LogP contribution in [0, 0.1) is 8.99 Å². The van der Waals surface area contributed by atoms with Gasteiger partial charge in [-0.15, -0.1) is 0 Å². The highest BCUT2D eigenvalue weighted by molar-refractivity contribution is 14.1. The predicted octanol–water partition coefficient (Wildman–Crippen LogP) is 10.6. The highest BCUT2D eigenvalue weighted by atomic mass is 127. The molecule has 2 aromatic rings. The van der Waals surface area contributed by atoms with Gasteiger partial charge in [-0.05, 0) is 82.6 Å². The van der Waals surface area contributed by atoms with Crippen molar-refractivity contribution in [2.45, 2.75) is 102 Å². The number of nitrogens with zero attached hydrogens (tertiary/aromatic N) is 1. The molecule has 1 aromatic heterocycles. The molecule has 0 aliphatic heterocycles. The van der Waals surface area contributed by atoms with Crippen molar-refractivity contribution < 1.29 is 29.0 Å². The number of aromatic nitrogens is 1. The second kappa shape index (κ2) is 9.12. The van der Waals surface area contributed by atoms with Gasteiger partial charge in [0.2, 0.25) is 0 Å². The van der Waals surface area contributed by atoms with E-state index in [0.29, 0.717) is 23.4 Å². The average Bonchev–Trinajstić information content (AvgIpc) is 2.69. The van der Waals surface area contributed by atoms with Crippen molar-refractivity contribution in [1.29, 1.82) is 0 Å². The first-order valence-electron chi connectivity index (χ1n) is 12.7. The van der Waals surface area contributed by atoms with Crippen LogP contribution in [0.3, 0.4) is 0 Å². The minimum Gasteiger partial charge on any atom is -0.410 e. The standard InChI is InChI=1S/C27H39F5INO2SSi/c1-16(2)24-22(25(35)17-10-12-18(13-11-17)37(28,29,30,31)32)23(33)21-19(34-24)14-27(6,7)15-20(21)36-38(8,9)26(3,4)5/h10-13,16,20,25,35H,14-15H2,1-9H3/t20?,25-/m0/s1. The number of aliphatic hydroxyl groups excluding tert-OH is 1. The lowest BCUT2D eigenvalue weighted by Gasteiger charge is -2.44. The van der Waals surface area contributed by atoms with Crippen molar-refractivity contribution in [3.63, 3.8) is 0 Å². The van der Waals surface area contributed by atoms with Crippen LogP contribution in [0.5, 0.6) is 0 Å². The highest BCUT2D eigenvalue weighted by Crippen LogP contribution is 3.02. The van der Waals surface area contributed by atoms with Gasteiger partial charge in [0.1, 0.15) is 11.0 Å². The molecule has 0 fully saturated rings. The average molecular weight is 692 g/mol. The largest absolute Gasteiger partial charge is 0.410 e. The van der Waals surface area contributed by atoms with Gasteiger partial charge >= 0.3 is 10.2 Å². The molecule has 216 valence electrons. The number of fused-ring (bicyclic) bond motifs is 1. The molecule has 1 aliphatic rings. The zero-order valence-electron chi connectivity index (χ0n) is 23.4. The van der Waals surface area contributed by atoms with E-state index in [9.17, 15) is 24.5 Å². The van der Waals surface area contributed by atoms with Crippen LogP contribution in [-0.4, -0.2) is 18.4 Å². The van der Waals surface area contributed by atoms with Gasteiger partial charge in [0, 0.05) is 20.4 Å². The molecule has 1 aliphatic carbocycles. The summed E-state index contributed by atoms with van der Waals surface area (Å²) in [7, 11) is -12.0. The second-order valence-electron chi connectivity index (χ2n) is 13.1. The van der Waals surface area contributed by atoms with Crippen molar-refractivity contribution in [2.75, 3.05) is 0 Å². The molecule has 0 amide bonds. The third kappa shape index (κ3) is 6.58. The van der Waals surface area contributed by atoms with E-state index in [1.165, 1.54) is 0 Å². The van der Waals surface area contributed by atoms with Crippen molar-refractivity contribution >= 4 is 41.1 Å². The smallest absolute Gasteiger partial charge is 0.310 e. The van der Waals surface area contributed by atoms with E-state index < -0.39 is 29.5 Å². The van der Waals surface area contributed by atoms with Crippen LogP contribution in [0.1, 0.15) is 101 Å². The third-order valence-electron chi connectivity index (χ3n) is 7.73. The van der Waals surface area contributed by atoms with Crippen LogP contribution in [0.2, 0.25) is 18.1 Å². The molecule has 11 heteroatoms. The van der Waals surface area contributed by atoms with Crippen LogP contribution in [0.4, 0.5) is 19.4 Å². The molecule has 3 nitrogen and oxygen atoms in total. The number of rotatable bonds is 6. The first-order chi connectivity index (χ1) is 16.7. The monoisotopic (exact) mass is 691 g/mol. The van der Waals surface area contributed by atoms with Crippen LogP contribution < -0.4 is 0 Å². The fourth-order valence-corrected chi connectivity index (χ4v) is 7.79. The Morgan fingerprint density at radius 3 is 2.05 bits per heavy atom. The number of benzene rings is 1. The Morgan fingerprint density at radius 1 is 1.08 bits per heavy atom. The minimum atomic E-state index is -9.82. The summed E-state index contributed by atoms with van der Waals surface area (Å²) in [6.45, 7) is 19.1. The maximum Gasteiger partial charge on any atom is 0.310 e. The lowest BCUT2D eigenvalue weighted by atomic mass is 9.74. The Balaban J connectivity index is 2.20. The van der Waals surface area contributed by atoms with Crippen LogP contribution in [0.15, 0.2) is 29.2 Å². The number of hydrogen-bond acceptors (Lipinski definition) is 3. The molecule has 0 bridgehead atoms. The Kier molecular flexibility index (Phi) is 7.62. The Bertz CT molecular complexity index is 1230. The summed E-state index contributed by atoms with van der Waals surface area (Å²) in [5.74, 6) is -0.0905. The van der Waals surface area contributed by atoms with E-state index in [1.54, 1.807) is 0 Å². The van der Waals surface area contributed by atoms with Crippen molar-refractivity contribution in [3.05, 3.63) is 55.9 Å². The van der Waals surface area contributed by atoms with E-state index in [2.05, 4.69) is 70.3 Å². The fraction of sp³-hybridized carbons (Fsp3) is 0.593. The van der Waals surface area contributed by atoms with Gasteiger partial charge in [0.05, 0.1) is 11.8 Å². The summed E-state index contributed by atoms with van der Waals surface area (Å²) in [5, 5.41) is 11.4. The van der Waals surface area contributed by atoms with E-state index in [-0.39, 0.29) is 28.0 Å². The normalized spacial score (nSPS) is 21.0. The topological polar surface area (TPSA) is 42.4 Å². The molecule has 0 saturated carbocycles. The van der Waals surface area contributed by atoms with Crippen LogP contribution in [0.25, 0.3) is 0 Å². The van der Waals surface area contributed by atoms with Gasteiger partial charge < -0.3 is 9.53 Å². The van der Waals surface area contributed by atoms with Gasteiger partial charge in [0.15, 0.2) is 8.32 Å². The molecule has 0 radical (unpaired) electrons. The van der Waals surface area contributed by atoms with Crippen LogP contribution in [-0.2, 0) is 10.8 Å². The second-order valence-corrected chi connectivity index (χ2v) is 21.3. The number of hydrogen-bond donors (Lipinski definition) is 1. The first kappa shape index (κ1) is 31.8. The minimum absolute atomic E-state index is 0.0293. The summed E-state index contributed by atoms with van der Waals surface area (Å²) in [6.07, 6.45) is -0.103. The summed E-state index contributed by atoms with van der Waals surface area (Å²) < 4.78 is 74.0. The van der Waals surface area contributed by atoms with E-state index in [0.717, 1.165) is 39.8 Å². The molecular formula is C27H39F5INO2SSi. The van der Waals surface area contributed by atoms with Gasteiger partial charge in [-0.25, -0.2) is 0 Å². The zero-order valence-corrected chi connectivity index (χ0v) is 27.4. The van der Waals surface area contributed by atoms with Gasteiger partial charge in [-0.1, -0.05) is 80.0 Å². The SMILES string of the molecule is CC(C)c1nc2c(c(I)c1[C@@H](O)c1ccc(S(F)(F)(F)(F)F)cc1)C(O[Si](C)(C)C(C)(C)C)CC(C)(C)C2. The molecule has 0 saturated heterocycles. The summed E-state index contributed by atoms with van der Waals surface area (Å²) >= 11 is 2.19. The molecule has 1 heterocycles. The van der Waals surface area contributed by atoms with Gasteiger partial charge in [-0.2, -0.15) is 0 Å².